The van der Waals surface area contributed by atoms with Crippen molar-refractivity contribution in [2.24, 2.45) is 0 Å². The normalized spacial score (nSPS) is 14.0. The molecule has 7 heteroatoms. The molecular formula is C17H15N3O3S. The van der Waals surface area contributed by atoms with E-state index in [-0.39, 0.29) is 17.4 Å². The van der Waals surface area contributed by atoms with Gasteiger partial charge in [0.15, 0.2) is 5.78 Å². The molecule has 0 saturated carbocycles. The molecule has 4 heterocycles. The number of hydrogen-bond donors (Lipinski definition) is 1. The maximum Gasteiger partial charge on any atom is 0.272 e. The highest BCUT2D eigenvalue weighted by molar-refractivity contribution is 7.10. The lowest BCUT2D eigenvalue weighted by atomic mass is 10.0. The first-order chi connectivity index (χ1) is 11.5. The first-order valence-electron chi connectivity index (χ1n) is 7.60. The molecule has 1 aliphatic heterocycles. The van der Waals surface area contributed by atoms with Crippen LogP contribution in [-0.4, -0.2) is 37.6 Å². The Morgan fingerprint density at radius 1 is 1.33 bits per heavy atom. The molecule has 1 aliphatic rings. The van der Waals surface area contributed by atoms with Gasteiger partial charge in [-0.1, -0.05) is 0 Å². The van der Waals surface area contributed by atoms with Crippen molar-refractivity contribution in [2.45, 2.75) is 19.9 Å². The highest BCUT2D eigenvalue weighted by atomic mass is 32.1. The first kappa shape index (κ1) is 14.9. The van der Waals surface area contributed by atoms with Gasteiger partial charge in [-0.2, -0.15) is 0 Å². The Morgan fingerprint density at radius 3 is 2.96 bits per heavy atom. The monoisotopic (exact) mass is 341 g/mol. The Morgan fingerprint density at radius 2 is 2.17 bits per heavy atom. The summed E-state index contributed by atoms with van der Waals surface area (Å²) in [4.78, 5) is 31.5. The highest BCUT2D eigenvalue weighted by Gasteiger charge is 2.27. The number of rotatable bonds is 2. The van der Waals surface area contributed by atoms with Crippen LogP contribution in [0.3, 0.4) is 0 Å². The molecule has 3 aromatic heterocycles. The van der Waals surface area contributed by atoms with Crippen molar-refractivity contribution in [3.63, 3.8) is 0 Å². The maximum atomic E-state index is 12.9. The average molecular weight is 341 g/mol. The summed E-state index contributed by atoms with van der Waals surface area (Å²) in [5.41, 5.74) is 2.89. The van der Waals surface area contributed by atoms with Gasteiger partial charge in [0.05, 0.1) is 18.9 Å². The van der Waals surface area contributed by atoms with Crippen LogP contribution in [0.2, 0.25) is 0 Å². The van der Waals surface area contributed by atoms with Gasteiger partial charge >= 0.3 is 0 Å². The van der Waals surface area contributed by atoms with Crippen LogP contribution in [0, 0.1) is 0 Å². The number of aromatic nitrogens is 2. The lowest BCUT2D eigenvalue weighted by Crippen LogP contribution is -2.36. The van der Waals surface area contributed by atoms with E-state index in [4.69, 9.17) is 0 Å². The number of imidazole rings is 1. The minimum absolute atomic E-state index is 0.0736. The minimum Gasteiger partial charge on any atom is -0.506 e. The molecule has 0 radical (unpaired) electrons. The standard InChI is InChI=1S/C17H15N3O3S/c1-10(21)13-9-24-15-8-19(5-4-12(13)15)17(23)14-6-18-16-3-2-11(22)7-20(14)16/h2-3,6-7,9,22H,4-5,8H2,1H3. The predicted octanol–water partition coefficient (Wildman–Crippen LogP) is 2.50. The second kappa shape index (κ2) is 5.45. The fraction of sp³-hybridized carbons (Fsp3) is 0.235. The molecule has 0 bridgehead atoms. The summed E-state index contributed by atoms with van der Waals surface area (Å²) >= 11 is 1.53. The van der Waals surface area contributed by atoms with Gasteiger partial charge in [-0.15, -0.1) is 11.3 Å². The third kappa shape index (κ3) is 2.28. The van der Waals surface area contributed by atoms with E-state index in [1.807, 2.05) is 5.38 Å². The van der Waals surface area contributed by atoms with Gasteiger partial charge in [-0.3, -0.25) is 14.0 Å². The number of ketones is 1. The molecule has 4 rings (SSSR count). The highest BCUT2D eigenvalue weighted by Crippen LogP contribution is 2.29. The Bertz CT molecular complexity index is 973. The van der Waals surface area contributed by atoms with Crippen molar-refractivity contribution in [3.05, 3.63) is 51.6 Å². The number of fused-ring (bicyclic) bond motifs is 2. The van der Waals surface area contributed by atoms with E-state index in [0.29, 0.717) is 30.9 Å². The third-order valence-corrected chi connectivity index (χ3v) is 5.34. The Hall–Kier alpha value is -2.67. The van der Waals surface area contributed by atoms with Crippen LogP contribution in [0.4, 0.5) is 0 Å². The van der Waals surface area contributed by atoms with Gasteiger partial charge < -0.3 is 10.0 Å². The number of pyridine rings is 1. The Labute approximate surface area is 142 Å². The van der Waals surface area contributed by atoms with Crippen LogP contribution in [0.25, 0.3) is 5.65 Å². The molecule has 122 valence electrons. The van der Waals surface area contributed by atoms with Gasteiger partial charge in [0, 0.05) is 22.4 Å². The van der Waals surface area contributed by atoms with Crippen LogP contribution in [-0.2, 0) is 13.0 Å². The van der Waals surface area contributed by atoms with E-state index < -0.39 is 0 Å². The van der Waals surface area contributed by atoms with Crippen molar-refractivity contribution in [1.82, 2.24) is 14.3 Å². The number of carbonyl (C=O) groups excluding carboxylic acids is 2. The minimum atomic E-state index is -0.128. The second-order valence-electron chi connectivity index (χ2n) is 5.84. The quantitative estimate of drug-likeness (QED) is 0.727. The third-order valence-electron chi connectivity index (χ3n) is 4.32. The smallest absolute Gasteiger partial charge is 0.272 e. The van der Waals surface area contributed by atoms with Crippen LogP contribution in [0.15, 0.2) is 29.9 Å². The van der Waals surface area contributed by atoms with E-state index in [1.54, 1.807) is 28.4 Å². The molecule has 0 fully saturated rings. The number of thiophene rings is 1. The number of aromatic hydroxyl groups is 1. The number of nitrogens with zero attached hydrogens (tertiary/aromatic N) is 3. The van der Waals surface area contributed by atoms with Gasteiger partial charge in [-0.05, 0) is 31.0 Å². The van der Waals surface area contributed by atoms with E-state index in [0.717, 1.165) is 16.0 Å². The number of carbonyl (C=O) groups is 2. The van der Waals surface area contributed by atoms with E-state index in [2.05, 4.69) is 4.98 Å². The zero-order chi connectivity index (χ0) is 16.8. The summed E-state index contributed by atoms with van der Waals surface area (Å²) in [7, 11) is 0. The molecule has 3 aromatic rings. The molecule has 1 amide bonds. The molecule has 6 nitrogen and oxygen atoms in total. The van der Waals surface area contributed by atoms with E-state index in [1.165, 1.54) is 23.7 Å². The van der Waals surface area contributed by atoms with Crippen LogP contribution < -0.4 is 0 Å². The zero-order valence-electron chi connectivity index (χ0n) is 13.0. The van der Waals surface area contributed by atoms with Crippen LogP contribution in [0.1, 0.15) is 38.2 Å². The number of Topliss-reactive ketones (excluding diaryl/α,β-unsaturated/α-hetero) is 1. The predicted molar refractivity (Wildman–Crippen MR) is 89.6 cm³/mol. The Balaban J connectivity index is 1.65. The molecule has 0 spiro atoms. The fourth-order valence-electron chi connectivity index (χ4n) is 3.09. The number of hydrogen-bond acceptors (Lipinski definition) is 5. The summed E-state index contributed by atoms with van der Waals surface area (Å²) in [6.45, 7) is 2.64. The molecule has 0 aromatic carbocycles. The van der Waals surface area contributed by atoms with Gasteiger partial charge in [-0.25, -0.2) is 4.98 Å². The SMILES string of the molecule is CC(=O)c1csc2c1CCN(C(=O)c1cnc3ccc(O)cn13)C2. The Kier molecular flexibility index (Phi) is 3.38. The molecule has 1 N–H and O–H groups in total. The van der Waals surface area contributed by atoms with Gasteiger partial charge in [0.1, 0.15) is 17.1 Å². The largest absolute Gasteiger partial charge is 0.506 e. The molecule has 0 aliphatic carbocycles. The summed E-state index contributed by atoms with van der Waals surface area (Å²) in [6, 6.07) is 3.21. The van der Waals surface area contributed by atoms with Crippen molar-refractivity contribution < 1.29 is 14.7 Å². The van der Waals surface area contributed by atoms with E-state index >= 15 is 0 Å². The lowest BCUT2D eigenvalue weighted by molar-refractivity contribution is 0.0730. The fourth-order valence-corrected chi connectivity index (χ4v) is 4.24. The first-order valence-corrected chi connectivity index (χ1v) is 8.48. The number of amides is 1. The van der Waals surface area contributed by atoms with E-state index in [9.17, 15) is 14.7 Å². The van der Waals surface area contributed by atoms with Gasteiger partial charge in [0.2, 0.25) is 0 Å². The van der Waals surface area contributed by atoms with Crippen molar-refractivity contribution in [1.29, 1.82) is 0 Å². The van der Waals surface area contributed by atoms with Crippen molar-refractivity contribution in [3.8, 4) is 5.75 Å². The van der Waals surface area contributed by atoms with Crippen molar-refractivity contribution in [2.75, 3.05) is 6.54 Å². The molecule has 0 saturated heterocycles. The van der Waals surface area contributed by atoms with Gasteiger partial charge in [0.25, 0.3) is 5.91 Å². The summed E-state index contributed by atoms with van der Waals surface area (Å²) in [6.07, 6.45) is 3.70. The van der Waals surface area contributed by atoms with Crippen molar-refractivity contribution >= 4 is 28.7 Å². The maximum absolute atomic E-state index is 12.9. The average Bonchev–Trinajstić information content (AvgIpc) is 3.17. The molecular weight excluding hydrogens is 326 g/mol. The molecule has 0 atom stereocenters. The summed E-state index contributed by atoms with van der Waals surface area (Å²) < 4.78 is 1.60. The summed E-state index contributed by atoms with van der Waals surface area (Å²) in [5.74, 6) is 0.0286. The second-order valence-corrected chi connectivity index (χ2v) is 6.81. The zero-order valence-corrected chi connectivity index (χ0v) is 13.8. The van der Waals surface area contributed by atoms with Crippen LogP contribution >= 0.6 is 11.3 Å². The van der Waals surface area contributed by atoms with Crippen LogP contribution in [0.5, 0.6) is 5.75 Å². The lowest BCUT2D eigenvalue weighted by Gasteiger charge is -2.27. The molecule has 0 unspecified atom stereocenters. The summed E-state index contributed by atoms with van der Waals surface area (Å²) in [5, 5.41) is 11.5. The molecule has 24 heavy (non-hydrogen) atoms. The topological polar surface area (TPSA) is 74.9 Å².